The summed E-state index contributed by atoms with van der Waals surface area (Å²) in [7, 11) is 1.33. The van der Waals surface area contributed by atoms with Gasteiger partial charge in [-0.15, -0.1) is 11.3 Å². The topological polar surface area (TPSA) is 64.6 Å². The molecule has 2 aromatic rings. The number of halogens is 3. The molecule has 1 aliphatic carbocycles. The van der Waals surface area contributed by atoms with Gasteiger partial charge in [-0.25, -0.2) is 4.79 Å². The number of benzene rings is 1. The summed E-state index contributed by atoms with van der Waals surface area (Å²) in [6, 6.07) is 2.90. The number of methoxy groups -OCH3 is 1. The molecule has 1 atom stereocenters. The second-order valence-electron chi connectivity index (χ2n) is 6.58. The molecule has 1 aliphatic rings. The third kappa shape index (κ3) is 4.57. The summed E-state index contributed by atoms with van der Waals surface area (Å²) in [6.07, 6.45) is 2.68. The minimum atomic E-state index is -0.448. The van der Waals surface area contributed by atoms with Crippen molar-refractivity contribution in [1.29, 1.82) is 0 Å². The van der Waals surface area contributed by atoms with Crippen molar-refractivity contribution in [3.05, 3.63) is 43.2 Å². The van der Waals surface area contributed by atoms with Crippen LogP contribution < -0.4 is 10.1 Å². The second-order valence-corrected chi connectivity index (χ2v) is 8.91. The van der Waals surface area contributed by atoms with E-state index in [0.29, 0.717) is 21.5 Å². The van der Waals surface area contributed by atoms with Crippen LogP contribution in [0.25, 0.3) is 0 Å². The van der Waals surface area contributed by atoms with Crippen LogP contribution in [0, 0.1) is 5.92 Å². The summed E-state index contributed by atoms with van der Waals surface area (Å²) in [5.41, 5.74) is 1.41. The molecule has 1 N–H and O–H groups in total. The average molecular weight is 463 g/mol. The van der Waals surface area contributed by atoms with Crippen molar-refractivity contribution in [1.82, 2.24) is 0 Å². The lowest BCUT2D eigenvalue weighted by molar-refractivity contribution is -0.118. The third-order valence-corrected chi connectivity index (χ3v) is 6.68. The Labute approximate surface area is 181 Å². The van der Waals surface area contributed by atoms with Crippen LogP contribution in [-0.2, 0) is 22.4 Å². The Morgan fingerprint density at radius 2 is 1.93 bits per heavy atom. The predicted octanol–water partition coefficient (Wildman–Crippen LogP) is 5.64. The number of hydrogen-bond donors (Lipinski definition) is 1. The molecule has 1 aromatic carbocycles. The maximum Gasteiger partial charge on any atom is 0.341 e. The number of rotatable bonds is 5. The largest absolute Gasteiger partial charge is 0.482 e. The minimum Gasteiger partial charge on any atom is -0.482 e. The minimum absolute atomic E-state index is 0.248. The Bertz CT molecular complexity index is 928. The first-order valence-electron chi connectivity index (χ1n) is 8.60. The Balaban J connectivity index is 1.75. The van der Waals surface area contributed by atoms with Gasteiger partial charge in [0.15, 0.2) is 6.61 Å². The van der Waals surface area contributed by atoms with Crippen molar-refractivity contribution < 1.29 is 19.1 Å². The van der Waals surface area contributed by atoms with Crippen LogP contribution in [0.1, 0.15) is 34.1 Å². The molecule has 0 fully saturated rings. The first-order chi connectivity index (χ1) is 13.3. The SMILES string of the molecule is COC(=O)c1c(NC(=O)COc2cc(Cl)c(Cl)cc2Cl)sc2c1CCC(C)C2. The van der Waals surface area contributed by atoms with Crippen LogP contribution in [-0.4, -0.2) is 25.6 Å². The van der Waals surface area contributed by atoms with Gasteiger partial charge in [0.25, 0.3) is 5.91 Å². The van der Waals surface area contributed by atoms with Crippen molar-refractivity contribution in [2.75, 3.05) is 19.0 Å². The molecule has 5 nitrogen and oxygen atoms in total. The number of carbonyl (C=O) groups is 2. The van der Waals surface area contributed by atoms with Gasteiger partial charge in [0, 0.05) is 10.9 Å². The van der Waals surface area contributed by atoms with Crippen molar-refractivity contribution in [2.24, 2.45) is 5.92 Å². The van der Waals surface area contributed by atoms with Gasteiger partial charge in [-0.2, -0.15) is 0 Å². The smallest absolute Gasteiger partial charge is 0.341 e. The van der Waals surface area contributed by atoms with E-state index < -0.39 is 11.9 Å². The zero-order valence-corrected chi connectivity index (χ0v) is 18.3. The Morgan fingerprint density at radius 1 is 1.21 bits per heavy atom. The fraction of sp³-hybridized carbons (Fsp3) is 0.368. The number of esters is 1. The zero-order chi connectivity index (χ0) is 20.4. The van der Waals surface area contributed by atoms with Gasteiger partial charge in [-0.05, 0) is 36.8 Å². The third-order valence-electron chi connectivity index (χ3n) is 4.49. The van der Waals surface area contributed by atoms with Gasteiger partial charge >= 0.3 is 5.97 Å². The molecular formula is C19H18Cl3NO4S. The van der Waals surface area contributed by atoms with Crippen LogP contribution >= 0.6 is 46.1 Å². The molecule has 0 saturated carbocycles. The maximum atomic E-state index is 12.4. The van der Waals surface area contributed by atoms with Crippen LogP contribution in [0.4, 0.5) is 5.00 Å². The zero-order valence-electron chi connectivity index (χ0n) is 15.2. The molecule has 9 heteroatoms. The monoisotopic (exact) mass is 461 g/mol. The van der Waals surface area contributed by atoms with Gasteiger partial charge in [0.1, 0.15) is 10.8 Å². The summed E-state index contributed by atoms with van der Waals surface area (Å²) in [6.45, 7) is 1.88. The standard InChI is InChI=1S/C19H18Cl3NO4S/c1-9-3-4-10-15(5-9)28-18(17(10)19(25)26-2)23-16(24)8-27-14-7-12(21)11(20)6-13(14)22/h6-7,9H,3-5,8H2,1-2H3,(H,23,24). The number of ether oxygens (including phenoxy) is 2. The number of amides is 1. The first-order valence-corrected chi connectivity index (χ1v) is 10.5. The quantitative estimate of drug-likeness (QED) is 0.461. The highest BCUT2D eigenvalue weighted by molar-refractivity contribution is 7.17. The van der Waals surface area contributed by atoms with E-state index in [0.717, 1.165) is 29.7 Å². The number of carbonyl (C=O) groups excluding carboxylic acids is 2. The molecule has 0 bridgehead atoms. The molecule has 1 aromatic heterocycles. The van der Waals surface area contributed by atoms with Gasteiger partial charge in [-0.3, -0.25) is 4.79 Å². The number of hydrogen-bond acceptors (Lipinski definition) is 5. The second kappa shape index (κ2) is 8.91. The first kappa shape index (κ1) is 21.2. The summed E-state index contributed by atoms with van der Waals surface area (Å²) in [4.78, 5) is 25.8. The van der Waals surface area contributed by atoms with E-state index in [4.69, 9.17) is 44.3 Å². The number of thiophene rings is 1. The van der Waals surface area contributed by atoms with E-state index >= 15 is 0 Å². The highest BCUT2D eigenvalue weighted by Crippen LogP contribution is 2.40. The van der Waals surface area contributed by atoms with Crippen LogP contribution in [0.5, 0.6) is 5.75 Å². The van der Waals surface area contributed by atoms with E-state index in [2.05, 4.69) is 12.2 Å². The molecular weight excluding hydrogens is 445 g/mol. The van der Waals surface area contributed by atoms with Gasteiger partial charge in [0.2, 0.25) is 0 Å². The van der Waals surface area contributed by atoms with Crippen molar-refractivity contribution in [3.8, 4) is 5.75 Å². The van der Waals surface area contributed by atoms with E-state index in [1.54, 1.807) is 0 Å². The van der Waals surface area contributed by atoms with Gasteiger partial charge in [0.05, 0.1) is 27.7 Å². The summed E-state index contributed by atoms with van der Waals surface area (Å²) >= 11 is 19.3. The lowest BCUT2D eigenvalue weighted by Gasteiger charge is -2.18. The number of nitrogens with one attached hydrogen (secondary N) is 1. The molecule has 0 aliphatic heterocycles. The van der Waals surface area contributed by atoms with E-state index in [9.17, 15) is 9.59 Å². The highest BCUT2D eigenvalue weighted by Gasteiger charge is 2.29. The highest BCUT2D eigenvalue weighted by atomic mass is 35.5. The van der Waals surface area contributed by atoms with Crippen LogP contribution in [0.3, 0.4) is 0 Å². The van der Waals surface area contributed by atoms with E-state index in [1.165, 1.54) is 30.6 Å². The van der Waals surface area contributed by atoms with Crippen molar-refractivity contribution >= 4 is 63.0 Å². The summed E-state index contributed by atoms with van der Waals surface area (Å²) in [5, 5.41) is 4.07. The van der Waals surface area contributed by atoms with E-state index in [1.807, 2.05) is 0 Å². The Hall–Kier alpha value is -1.47. The molecule has 1 heterocycles. The fourth-order valence-corrected chi connectivity index (χ4v) is 5.08. The molecule has 28 heavy (non-hydrogen) atoms. The molecule has 1 unspecified atom stereocenters. The van der Waals surface area contributed by atoms with Crippen molar-refractivity contribution in [3.63, 3.8) is 0 Å². The summed E-state index contributed by atoms with van der Waals surface area (Å²) < 4.78 is 10.4. The number of fused-ring (bicyclic) bond motifs is 1. The normalized spacial score (nSPS) is 15.7. The fourth-order valence-electron chi connectivity index (χ4n) is 3.08. The Kier molecular flexibility index (Phi) is 6.76. The molecule has 1 amide bonds. The average Bonchev–Trinajstić information content (AvgIpc) is 2.99. The molecule has 0 radical (unpaired) electrons. The predicted molar refractivity (Wildman–Crippen MR) is 112 cm³/mol. The lowest BCUT2D eigenvalue weighted by Crippen LogP contribution is -2.21. The van der Waals surface area contributed by atoms with Crippen molar-refractivity contribution in [2.45, 2.75) is 26.2 Å². The van der Waals surface area contributed by atoms with Gasteiger partial charge < -0.3 is 14.8 Å². The maximum absolute atomic E-state index is 12.4. The molecule has 150 valence electrons. The van der Waals surface area contributed by atoms with Crippen LogP contribution in [0.15, 0.2) is 12.1 Å². The number of anilines is 1. The molecule has 0 spiro atoms. The lowest BCUT2D eigenvalue weighted by atomic mass is 9.88. The van der Waals surface area contributed by atoms with Gasteiger partial charge in [-0.1, -0.05) is 41.7 Å². The van der Waals surface area contributed by atoms with Crippen LogP contribution in [0.2, 0.25) is 15.1 Å². The summed E-state index contributed by atoms with van der Waals surface area (Å²) in [5.74, 6) is -0.0752. The molecule has 0 saturated heterocycles. The Morgan fingerprint density at radius 3 is 2.64 bits per heavy atom. The molecule has 3 rings (SSSR count). The van der Waals surface area contributed by atoms with E-state index in [-0.39, 0.29) is 22.4 Å².